The van der Waals surface area contributed by atoms with Crippen molar-refractivity contribution in [2.24, 2.45) is 10.2 Å². The van der Waals surface area contributed by atoms with Crippen LogP contribution in [0.1, 0.15) is 29.8 Å². The number of ether oxygens (including phenoxy) is 1. The fourth-order valence-corrected chi connectivity index (χ4v) is 5.33. The minimum atomic E-state index is -4.72. The van der Waals surface area contributed by atoms with Crippen LogP contribution in [0.15, 0.2) is 75.8 Å². The van der Waals surface area contributed by atoms with Crippen molar-refractivity contribution in [3.05, 3.63) is 81.8 Å². The van der Waals surface area contributed by atoms with E-state index in [0.717, 1.165) is 0 Å². The van der Waals surface area contributed by atoms with Crippen LogP contribution in [0.5, 0.6) is 11.5 Å². The predicted molar refractivity (Wildman–Crippen MR) is 149 cm³/mol. The minimum absolute atomic E-state index is 0. The standard InChI is InChI=1S/C27H23Cl2N3O6S.Na/c1-3-15-9-11-21(29)24(26(15)39(35,36)37)32-31-23-18-8-6-5-7-16(18)13-19(25(23)33)27(34)30-17-10-12-20(28)22(14-17)38-4-2;/h5-14,33H,3-4H2,1-2H3,(H,30,34)(H,35,36,37);/q;+1/p-1. The first-order valence-electron chi connectivity index (χ1n) is 11.7. The fraction of sp³-hybridized carbons (Fsp3) is 0.148. The van der Waals surface area contributed by atoms with Crippen molar-refractivity contribution in [1.82, 2.24) is 0 Å². The molecular weight excluding hydrogens is 588 g/mol. The molecule has 4 rings (SSSR count). The van der Waals surface area contributed by atoms with E-state index in [9.17, 15) is 22.9 Å². The zero-order valence-electron chi connectivity index (χ0n) is 21.7. The van der Waals surface area contributed by atoms with Crippen LogP contribution < -0.4 is 44.7 Å². The normalized spacial score (nSPS) is 11.4. The summed E-state index contributed by atoms with van der Waals surface area (Å²) in [6.07, 6.45) is 0.260. The number of benzene rings is 4. The van der Waals surface area contributed by atoms with Crippen molar-refractivity contribution >= 4 is 67.1 Å². The van der Waals surface area contributed by atoms with Crippen LogP contribution in [0.4, 0.5) is 17.1 Å². The number of nitrogens with one attached hydrogen (secondary N) is 1. The van der Waals surface area contributed by atoms with Crippen molar-refractivity contribution < 1.29 is 57.2 Å². The maximum Gasteiger partial charge on any atom is 1.00 e. The average Bonchev–Trinajstić information content (AvgIpc) is 2.89. The van der Waals surface area contributed by atoms with E-state index in [-0.39, 0.29) is 63.5 Å². The van der Waals surface area contributed by atoms with Gasteiger partial charge in [-0.1, -0.05) is 66.2 Å². The van der Waals surface area contributed by atoms with Gasteiger partial charge >= 0.3 is 29.6 Å². The molecule has 9 nitrogen and oxygen atoms in total. The van der Waals surface area contributed by atoms with Gasteiger partial charge in [-0.15, -0.1) is 5.11 Å². The Balaban J connectivity index is 0.00000441. The molecule has 0 unspecified atom stereocenters. The van der Waals surface area contributed by atoms with Gasteiger partial charge in [-0.25, -0.2) is 0 Å². The number of carbonyl (C=O) groups is 1. The monoisotopic (exact) mass is 609 g/mol. The summed E-state index contributed by atoms with van der Waals surface area (Å²) in [6.45, 7) is 3.86. The summed E-state index contributed by atoms with van der Waals surface area (Å²) in [4.78, 5) is 12.7. The van der Waals surface area contributed by atoms with Crippen LogP contribution >= 0.6 is 23.2 Å². The third kappa shape index (κ3) is 6.77. The molecule has 4 aromatic carbocycles. The topological polar surface area (TPSA) is 140 Å². The second kappa shape index (κ2) is 13.3. The number of azo groups is 1. The zero-order chi connectivity index (χ0) is 28.3. The molecule has 0 aliphatic rings. The van der Waals surface area contributed by atoms with Crippen LogP contribution in [0, 0.1) is 0 Å². The zero-order valence-corrected chi connectivity index (χ0v) is 26.1. The van der Waals surface area contributed by atoms with Gasteiger partial charge in [0.2, 0.25) is 0 Å². The van der Waals surface area contributed by atoms with Crippen LogP contribution in [-0.2, 0) is 16.5 Å². The van der Waals surface area contributed by atoms with Crippen molar-refractivity contribution in [2.75, 3.05) is 11.9 Å². The van der Waals surface area contributed by atoms with E-state index in [1.54, 1.807) is 50.2 Å². The molecule has 202 valence electrons. The molecule has 0 heterocycles. The Morgan fingerprint density at radius 2 is 1.68 bits per heavy atom. The van der Waals surface area contributed by atoms with Gasteiger partial charge in [0.15, 0.2) is 0 Å². The molecule has 0 aromatic heterocycles. The van der Waals surface area contributed by atoms with Gasteiger partial charge in [0.25, 0.3) is 16.0 Å². The number of rotatable bonds is 8. The number of amides is 1. The SMILES string of the molecule is CCOc1cc(NC(=O)c2cc3ccccc3c(N=Nc3c(Cl)ccc(CC)c3S(=O)(=O)O)c2[O-])ccc1Cl.[Na+]. The Morgan fingerprint density at radius 3 is 2.35 bits per heavy atom. The van der Waals surface area contributed by atoms with E-state index in [1.807, 2.05) is 0 Å². The van der Waals surface area contributed by atoms with Gasteiger partial charge in [-0.3, -0.25) is 9.35 Å². The number of fused-ring (bicyclic) bond motifs is 1. The number of hydrogen-bond acceptors (Lipinski definition) is 7. The average molecular weight is 610 g/mol. The van der Waals surface area contributed by atoms with Crippen molar-refractivity contribution in [1.29, 1.82) is 0 Å². The summed E-state index contributed by atoms with van der Waals surface area (Å²) in [5, 5.41) is 25.3. The number of aryl methyl sites for hydroxylation is 1. The van der Waals surface area contributed by atoms with Crippen LogP contribution in [0.2, 0.25) is 10.0 Å². The Kier molecular flexibility index (Phi) is 10.6. The molecule has 0 radical (unpaired) electrons. The second-order valence-corrected chi connectivity index (χ2v) is 10.4. The predicted octanol–water partition coefficient (Wildman–Crippen LogP) is 4.10. The molecular formula is C27H22Cl2N3NaO6S. The third-order valence-electron chi connectivity index (χ3n) is 5.76. The van der Waals surface area contributed by atoms with Gasteiger partial charge in [-0.05, 0) is 48.6 Å². The molecule has 0 bridgehead atoms. The van der Waals surface area contributed by atoms with Gasteiger partial charge < -0.3 is 15.2 Å². The van der Waals surface area contributed by atoms with Gasteiger partial charge in [0, 0.05) is 22.7 Å². The van der Waals surface area contributed by atoms with E-state index in [4.69, 9.17) is 27.9 Å². The number of nitrogens with zero attached hydrogens (tertiary/aromatic N) is 2. The summed E-state index contributed by atoms with van der Waals surface area (Å²) in [5.74, 6) is -1.09. The maximum absolute atomic E-state index is 13.5. The quantitative estimate of drug-likeness (QED) is 0.175. The largest absolute Gasteiger partial charge is 1.00 e. The molecule has 0 atom stereocenters. The molecule has 13 heteroatoms. The molecule has 0 saturated carbocycles. The molecule has 1 amide bonds. The third-order valence-corrected chi connectivity index (χ3v) is 7.35. The first-order chi connectivity index (χ1) is 18.5. The number of carbonyl (C=O) groups excluding carboxylic acids is 1. The Bertz CT molecular complexity index is 1730. The molecule has 0 aliphatic carbocycles. The molecule has 0 aliphatic heterocycles. The van der Waals surface area contributed by atoms with E-state index in [1.165, 1.54) is 24.3 Å². The molecule has 40 heavy (non-hydrogen) atoms. The first kappa shape index (κ1) is 31.8. The molecule has 0 fully saturated rings. The first-order valence-corrected chi connectivity index (χ1v) is 13.9. The number of hydrogen-bond donors (Lipinski definition) is 2. The van der Waals surface area contributed by atoms with E-state index in [2.05, 4.69) is 15.5 Å². The fourth-order valence-electron chi connectivity index (χ4n) is 3.97. The molecule has 0 saturated heterocycles. The second-order valence-electron chi connectivity index (χ2n) is 8.27. The Morgan fingerprint density at radius 1 is 1.00 bits per heavy atom. The summed E-state index contributed by atoms with van der Waals surface area (Å²) in [7, 11) is -4.72. The summed E-state index contributed by atoms with van der Waals surface area (Å²) in [6, 6.07) is 15.7. The molecule has 4 aromatic rings. The van der Waals surface area contributed by atoms with Crippen molar-refractivity contribution in [3.8, 4) is 11.5 Å². The summed E-state index contributed by atoms with van der Waals surface area (Å²) < 4.78 is 39.6. The van der Waals surface area contributed by atoms with Gasteiger partial charge in [-0.2, -0.15) is 13.5 Å². The van der Waals surface area contributed by atoms with Gasteiger partial charge in [0.1, 0.15) is 16.3 Å². The molecule has 0 spiro atoms. The van der Waals surface area contributed by atoms with Crippen molar-refractivity contribution in [2.45, 2.75) is 25.2 Å². The van der Waals surface area contributed by atoms with Gasteiger partial charge in [0.05, 0.1) is 22.3 Å². The molecule has 2 N–H and O–H groups in total. The smallest absolute Gasteiger partial charge is 0.870 e. The van der Waals surface area contributed by atoms with Crippen molar-refractivity contribution in [3.63, 3.8) is 0 Å². The summed E-state index contributed by atoms with van der Waals surface area (Å²) in [5.41, 5.74) is -0.126. The van der Waals surface area contributed by atoms with E-state index in [0.29, 0.717) is 33.8 Å². The Labute approximate surface area is 263 Å². The van der Waals surface area contributed by atoms with Crippen LogP contribution in [-0.4, -0.2) is 25.5 Å². The number of anilines is 1. The Hall–Kier alpha value is -2.70. The van der Waals surface area contributed by atoms with E-state index < -0.39 is 26.7 Å². The van der Waals surface area contributed by atoms with Crippen LogP contribution in [0.3, 0.4) is 0 Å². The van der Waals surface area contributed by atoms with E-state index >= 15 is 0 Å². The van der Waals surface area contributed by atoms with Crippen LogP contribution in [0.25, 0.3) is 10.8 Å². The maximum atomic E-state index is 13.5. The minimum Gasteiger partial charge on any atom is -0.870 e. The summed E-state index contributed by atoms with van der Waals surface area (Å²) >= 11 is 12.3. The number of halogens is 2.